The van der Waals surface area contributed by atoms with Gasteiger partial charge < -0.3 is 19.9 Å². The molecule has 2 bridgehead atoms. The standard InChI is InChI=1S/C34H51FN4O3/c1-24(2)39-33(41)37(22-25-15-18-42-19-16-25)23-34(39)20-29-12-13-30(21-34)38(29)17-14-31(26-6-4-3-5-7-26)36-32(40)27-8-10-28(35)11-9-27/h3-7,24-25,27-31H,8-23H2,1-2H3,(H,36,40)/t27?,28?,29?,30?,31-,34?/m0/s1. The molecule has 5 fully saturated rings. The van der Waals surface area contributed by atoms with E-state index in [0.717, 1.165) is 70.5 Å². The second kappa shape index (κ2) is 12.8. The van der Waals surface area contributed by atoms with Crippen molar-refractivity contribution in [1.82, 2.24) is 20.0 Å². The Hall–Kier alpha value is -2.19. The van der Waals surface area contributed by atoms with E-state index in [1.54, 1.807) is 0 Å². The molecule has 4 aliphatic heterocycles. The van der Waals surface area contributed by atoms with Crippen LogP contribution in [-0.4, -0.2) is 89.3 Å². The van der Waals surface area contributed by atoms with Gasteiger partial charge in [0.15, 0.2) is 0 Å². The van der Waals surface area contributed by atoms with Crippen LogP contribution in [0.25, 0.3) is 0 Å². The first kappa shape index (κ1) is 29.9. The molecular weight excluding hydrogens is 531 g/mol. The van der Waals surface area contributed by atoms with Crippen molar-refractivity contribution in [3.8, 4) is 0 Å². The minimum absolute atomic E-state index is 0.0488. The number of benzene rings is 1. The largest absolute Gasteiger partial charge is 0.381 e. The summed E-state index contributed by atoms with van der Waals surface area (Å²) in [4.78, 5) is 34.2. The first-order chi connectivity index (χ1) is 20.3. The van der Waals surface area contributed by atoms with Gasteiger partial charge in [0.1, 0.15) is 6.17 Å². The van der Waals surface area contributed by atoms with Crippen LogP contribution in [0, 0.1) is 11.8 Å². The fourth-order valence-corrected chi connectivity index (χ4v) is 9.00. The predicted molar refractivity (Wildman–Crippen MR) is 162 cm³/mol. The van der Waals surface area contributed by atoms with Crippen LogP contribution in [0.15, 0.2) is 30.3 Å². The summed E-state index contributed by atoms with van der Waals surface area (Å²) >= 11 is 0. The van der Waals surface area contributed by atoms with Gasteiger partial charge in [-0.3, -0.25) is 9.69 Å². The lowest BCUT2D eigenvalue weighted by Gasteiger charge is -2.49. The predicted octanol–water partition coefficient (Wildman–Crippen LogP) is 5.70. The van der Waals surface area contributed by atoms with Gasteiger partial charge in [0.25, 0.3) is 0 Å². The fourth-order valence-electron chi connectivity index (χ4n) is 9.00. The van der Waals surface area contributed by atoms with Gasteiger partial charge in [-0.1, -0.05) is 30.3 Å². The third-order valence-corrected chi connectivity index (χ3v) is 11.0. The number of alkyl halides is 1. The van der Waals surface area contributed by atoms with Crippen molar-refractivity contribution >= 4 is 11.9 Å². The average Bonchev–Trinajstić information content (AvgIpc) is 3.40. The Morgan fingerprint density at radius 3 is 2.31 bits per heavy atom. The van der Waals surface area contributed by atoms with E-state index in [9.17, 15) is 14.0 Å². The normalized spacial score (nSPS) is 33.1. The van der Waals surface area contributed by atoms with Crippen LogP contribution < -0.4 is 5.32 Å². The molecule has 6 rings (SSSR count). The summed E-state index contributed by atoms with van der Waals surface area (Å²) in [5, 5.41) is 3.37. The van der Waals surface area contributed by atoms with Crippen LogP contribution >= 0.6 is 0 Å². The first-order valence-electron chi connectivity index (χ1n) is 16.7. The van der Waals surface area contributed by atoms with E-state index in [1.165, 1.54) is 12.8 Å². The van der Waals surface area contributed by atoms with Gasteiger partial charge in [-0.25, -0.2) is 9.18 Å². The third-order valence-electron chi connectivity index (χ3n) is 11.0. The number of piperidine rings is 1. The van der Waals surface area contributed by atoms with Crippen LogP contribution in [0.3, 0.4) is 0 Å². The second-order valence-electron chi connectivity index (χ2n) is 14.1. The summed E-state index contributed by atoms with van der Waals surface area (Å²) in [6.45, 7) is 8.63. The maximum atomic E-state index is 13.8. The molecular formula is C34H51FN4O3. The van der Waals surface area contributed by atoms with Gasteiger partial charge in [-0.05, 0) is 96.0 Å². The molecule has 1 spiro atoms. The van der Waals surface area contributed by atoms with Crippen molar-refractivity contribution < 1.29 is 18.7 Å². The summed E-state index contributed by atoms with van der Waals surface area (Å²) in [5.41, 5.74) is 1.06. The minimum atomic E-state index is -0.757. The highest BCUT2D eigenvalue weighted by molar-refractivity contribution is 5.79. The monoisotopic (exact) mass is 582 g/mol. The molecule has 3 atom stereocenters. The molecule has 0 aromatic heterocycles. The lowest BCUT2D eigenvalue weighted by atomic mass is 9.81. The van der Waals surface area contributed by atoms with Crippen molar-refractivity contribution in [2.24, 2.45) is 11.8 Å². The number of hydrogen-bond donors (Lipinski definition) is 1. The molecule has 3 amide bonds. The Bertz CT molecular complexity index is 1060. The van der Waals surface area contributed by atoms with Crippen molar-refractivity contribution in [2.45, 2.75) is 120 Å². The number of hydrogen-bond acceptors (Lipinski definition) is 4. The Kier molecular flexibility index (Phi) is 9.11. The molecule has 1 aromatic carbocycles. The molecule has 0 radical (unpaired) electrons. The molecule has 1 N–H and O–H groups in total. The molecule has 7 nitrogen and oxygen atoms in total. The summed E-state index contributed by atoms with van der Waals surface area (Å²) in [5.74, 6) is 0.541. The maximum absolute atomic E-state index is 13.8. The Morgan fingerprint density at radius 1 is 1.00 bits per heavy atom. The zero-order valence-corrected chi connectivity index (χ0v) is 25.7. The molecule has 8 heteroatoms. The smallest absolute Gasteiger partial charge is 0.320 e. The second-order valence-corrected chi connectivity index (χ2v) is 14.1. The van der Waals surface area contributed by atoms with Gasteiger partial charge in [-0.2, -0.15) is 0 Å². The number of carbonyl (C=O) groups excluding carboxylic acids is 2. The van der Waals surface area contributed by atoms with Crippen molar-refractivity contribution in [2.75, 3.05) is 32.8 Å². The van der Waals surface area contributed by atoms with Gasteiger partial charge in [-0.15, -0.1) is 0 Å². The van der Waals surface area contributed by atoms with Crippen LogP contribution in [0.5, 0.6) is 0 Å². The highest BCUT2D eigenvalue weighted by atomic mass is 19.1. The van der Waals surface area contributed by atoms with E-state index in [0.29, 0.717) is 43.7 Å². The zero-order valence-electron chi connectivity index (χ0n) is 25.7. The van der Waals surface area contributed by atoms with E-state index >= 15 is 0 Å². The minimum Gasteiger partial charge on any atom is -0.381 e. The van der Waals surface area contributed by atoms with E-state index < -0.39 is 6.17 Å². The van der Waals surface area contributed by atoms with Crippen LogP contribution in [0.4, 0.5) is 9.18 Å². The maximum Gasteiger partial charge on any atom is 0.320 e. The van der Waals surface area contributed by atoms with Crippen molar-refractivity contribution in [1.29, 1.82) is 0 Å². The van der Waals surface area contributed by atoms with Crippen molar-refractivity contribution in [3.05, 3.63) is 35.9 Å². The Balaban J connectivity index is 1.12. The zero-order chi connectivity index (χ0) is 29.3. The summed E-state index contributed by atoms with van der Waals surface area (Å²) in [6, 6.07) is 11.6. The SMILES string of the molecule is CC(C)N1C(=O)N(CC2CCOCC2)CC12CC1CCC(C2)N1CC[C@H](NC(=O)C1CCC(F)CC1)c1ccccc1. The number of fused-ring (bicyclic) bond motifs is 2. The van der Waals surface area contributed by atoms with Crippen LogP contribution in [-0.2, 0) is 9.53 Å². The van der Waals surface area contributed by atoms with Gasteiger partial charge in [0.05, 0.1) is 11.6 Å². The topological polar surface area (TPSA) is 65.1 Å². The third kappa shape index (κ3) is 6.21. The molecule has 1 aliphatic carbocycles. The molecule has 5 aliphatic rings. The van der Waals surface area contributed by atoms with Gasteiger partial charge >= 0.3 is 6.03 Å². The van der Waals surface area contributed by atoms with Crippen LogP contribution in [0.2, 0.25) is 0 Å². The fraction of sp³-hybridized carbons (Fsp3) is 0.765. The van der Waals surface area contributed by atoms with E-state index in [1.807, 2.05) is 18.2 Å². The molecule has 4 saturated heterocycles. The Labute approximate surface area is 251 Å². The van der Waals surface area contributed by atoms with E-state index in [4.69, 9.17) is 4.74 Å². The number of amides is 3. The summed E-state index contributed by atoms with van der Waals surface area (Å²) < 4.78 is 19.3. The van der Waals surface area contributed by atoms with E-state index in [-0.39, 0.29) is 35.5 Å². The molecule has 42 heavy (non-hydrogen) atoms. The number of nitrogens with one attached hydrogen (secondary N) is 1. The number of ether oxygens (including phenoxy) is 1. The lowest BCUT2D eigenvalue weighted by Crippen LogP contribution is -2.60. The Morgan fingerprint density at radius 2 is 1.67 bits per heavy atom. The quantitative estimate of drug-likeness (QED) is 0.406. The highest BCUT2D eigenvalue weighted by Gasteiger charge is 2.57. The number of carbonyl (C=O) groups is 2. The number of nitrogens with zero attached hydrogens (tertiary/aromatic N) is 3. The number of rotatable bonds is 9. The van der Waals surface area contributed by atoms with Gasteiger partial charge in [0.2, 0.25) is 5.91 Å². The van der Waals surface area contributed by atoms with E-state index in [2.05, 4.69) is 46.0 Å². The van der Waals surface area contributed by atoms with Crippen molar-refractivity contribution in [3.63, 3.8) is 0 Å². The van der Waals surface area contributed by atoms with Crippen LogP contribution in [0.1, 0.15) is 96.1 Å². The summed E-state index contributed by atoms with van der Waals surface area (Å²) in [6.07, 6.45) is 8.91. The summed E-state index contributed by atoms with van der Waals surface area (Å²) in [7, 11) is 0. The average molecular weight is 583 g/mol. The molecule has 2 unspecified atom stereocenters. The molecule has 1 saturated carbocycles. The molecule has 1 aromatic rings. The molecule has 232 valence electrons. The molecule has 4 heterocycles. The highest BCUT2D eigenvalue weighted by Crippen LogP contribution is 2.48. The number of halogens is 1. The number of urea groups is 1. The first-order valence-corrected chi connectivity index (χ1v) is 16.7. The lowest BCUT2D eigenvalue weighted by molar-refractivity contribution is -0.127. The van der Waals surface area contributed by atoms with Gasteiger partial charge in [0, 0.05) is 56.9 Å².